The van der Waals surface area contributed by atoms with Crippen LogP contribution >= 0.6 is 23.2 Å². The molecule has 0 aliphatic carbocycles. The summed E-state index contributed by atoms with van der Waals surface area (Å²) in [6.45, 7) is 14.0. The Morgan fingerprint density at radius 2 is 1.48 bits per heavy atom. The van der Waals surface area contributed by atoms with Gasteiger partial charge in [0.2, 0.25) is 0 Å². The summed E-state index contributed by atoms with van der Waals surface area (Å²) in [6.07, 6.45) is 3.47. The molecule has 1 N–H and O–H groups in total. The average Bonchev–Trinajstić information content (AvgIpc) is 2.66. The first-order valence-electron chi connectivity index (χ1n) is 8.22. The quantitative estimate of drug-likeness (QED) is 0.440. The van der Waals surface area contributed by atoms with Gasteiger partial charge in [0, 0.05) is 31.1 Å². The number of halogens is 2. The van der Waals surface area contributed by atoms with Gasteiger partial charge in [-0.3, -0.25) is 0 Å². The molecule has 1 aliphatic rings. The van der Waals surface area contributed by atoms with Crippen LogP contribution < -0.4 is 5.32 Å². The summed E-state index contributed by atoms with van der Waals surface area (Å²) in [5.41, 5.74) is 5.16. The van der Waals surface area contributed by atoms with Crippen LogP contribution in [-0.2, 0) is 32.3 Å². The van der Waals surface area contributed by atoms with Crippen molar-refractivity contribution >= 4 is 23.2 Å². The molecule has 1 unspecified atom stereocenters. The second-order valence-electron chi connectivity index (χ2n) is 7.42. The van der Waals surface area contributed by atoms with Crippen molar-refractivity contribution in [1.82, 2.24) is 5.32 Å². The molecule has 1 heterocycles. The maximum absolute atomic E-state index is 4.76. The molecule has 1 nitrogen and oxygen atoms in total. The maximum Gasteiger partial charge on any atom is 0.0967 e. The van der Waals surface area contributed by atoms with Crippen molar-refractivity contribution < 1.29 is 19.5 Å². The van der Waals surface area contributed by atoms with E-state index in [1.165, 1.54) is 17.5 Å². The van der Waals surface area contributed by atoms with Crippen molar-refractivity contribution in [2.45, 2.75) is 72.4 Å². The predicted octanol–water partition coefficient (Wildman–Crippen LogP) is 6.07. The van der Waals surface area contributed by atoms with Gasteiger partial charge in [0.05, 0.1) is 5.34 Å². The van der Waals surface area contributed by atoms with Gasteiger partial charge in [-0.15, -0.1) is 23.2 Å². The number of benzene rings is 1. The Kier molecular flexibility index (Phi) is 9.92. The topological polar surface area (TPSA) is 12.0 Å². The molecule has 1 aliphatic heterocycles. The number of aryl methyl sites for hydroxylation is 2. The fourth-order valence-corrected chi connectivity index (χ4v) is 3.99. The largest absolute Gasteiger partial charge is 0.304 e. The Morgan fingerprint density at radius 3 is 1.78 bits per heavy atom. The molecule has 1 atom stereocenters. The van der Waals surface area contributed by atoms with Crippen molar-refractivity contribution in [2.24, 2.45) is 5.41 Å². The standard InChI is InChI=1S/C18H29N.CH2Cl2.Ru/c1-7-13-10-9-11-14(8-2)15(13)16-17(3,4)12-18(5,6)19-16;2-1-3;/h9-11,16,19H,7-8,12H2,1-6H3;1H2;. The molecule has 1 aromatic rings. The Labute approximate surface area is 165 Å². The van der Waals surface area contributed by atoms with E-state index in [9.17, 15) is 0 Å². The van der Waals surface area contributed by atoms with Crippen LogP contribution in [0.15, 0.2) is 18.2 Å². The van der Waals surface area contributed by atoms with Crippen LogP contribution in [0, 0.1) is 5.41 Å². The van der Waals surface area contributed by atoms with E-state index in [0.717, 1.165) is 12.8 Å². The maximum atomic E-state index is 4.76. The van der Waals surface area contributed by atoms with E-state index in [1.807, 2.05) is 0 Å². The Morgan fingerprint density at radius 1 is 1.04 bits per heavy atom. The van der Waals surface area contributed by atoms with Gasteiger partial charge >= 0.3 is 0 Å². The van der Waals surface area contributed by atoms with Crippen molar-refractivity contribution in [2.75, 3.05) is 5.34 Å². The third-order valence-corrected chi connectivity index (χ3v) is 4.55. The van der Waals surface area contributed by atoms with E-state index in [-0.39, 0.29) is 30.4 Å². The smallest absolute Gasteiger partial charge is 0.0967 e. The van der Waals surface area contributed by atoms with Gasteiger partial charge in [0.1, 0.15) is 0 Å². The SMILES string of the molecule is CCc1cccc(CC)c1C1NC(C)(C)CC1(C)C.ClCCl.[Ru]. The Bertz CT molecular complexity index is 464. The van der Waals surface area contributed by atoms with E-state index >= 15 is 0 Å². The van der Waals surface area contributed by atoms with Crippen LogP contribution in [0.5, 0.6) is 0 Å². The van der Waals surface area contributed by atoms with Crippen LogP contribution in [0.4, 0.5) is 0 Å². The van der Waals surface area contributed by atoms with Gasteiger partial charge in [-0.05, 0) is 55.2 Å². The van der Waals surface area contributed by atoms with E-state index in [2.05, 4.69) is 65.1 Å². The molecule has 2 rings (SSSR count). The van der Waals surface area contributed by atoms with Gasteiger partial charge in [-0.1, -0.05) is 45.9 Å². The van der Waals surface area contributed by atoms with Crippen LogP contribution in [0.1, 0.15) is 70.7 Å². The first-order valence-corrected chi connectivity index (χ1v) is 9.29. The van der Waals surface area contributed by atoms with Crippen molar-refractivity contribution in [3.05, 3.63) is 34.9 Å². The Balaban J connectivity index is 0.00000112. The van der Waals surface area contributed by atoms with E-state index in [4.69, 9.17) is 23.2 Å². The number of alkyl halides is 2. The van der Waals surface area contributed by atoms with Crippen LogP contribution in [0.3, 0.4) is 0 Å². The zero-order valence-corrected chi connectivity index (χ0v) is 18.5. The average molecular weight is 445 g/mol. The van der Waals surface area contributed by atoms with E-state index in [0.29, 0.717) is 11.5 Å². The molecule has 1 aromatic carbocycles. The molecule has 0 aromatic heterocycles. The molecule has 0 spiro atoms. The minimum atomic E-state index is 0. The molecule has 4 heteroatoms. The molecule has 0 amide bonds. The predicted molar refractivity (Wildman–Crippen MR) is 100 cm³/mol. The molecule has 1 saturated heterocycles. The normalized spacial score (nSPS) is 21.1. The van der Waals surface area contributed by atoms with Gasteiger partial charge in [-0.2, -0.15) is 0 Å². The molecule has 0 saturated carbocycles. The second-order valence-corrected chi connectivity index (χ2v) is 8.23. The van der Waals surface area contributed by atoms with Gasteiger partial charge < -0.3 is 5.32 Å². The monoisotopic (exact) mass is 445 g/mol. The second kappa shape index (κ2) is 9.76. The van der Waals surface area contributed by atoms with Crippen LogP contribution in [0.25, 0.3) is 0 Å². The fraction of sp³-hybridized carbons (Fsp3) is 0.684. The number of hydrogen-bond acceptors (Lipinski definition) is 1. The fourth-order valence-electron chi connectivity index (χ4n) is 3.99. The summed E-state index contributed by atoms with van der Waals surface area (Å²) in [5, 5.41) is 4.08. The van der Waals surface area contributed by atoms with Crippen molar-refractivity contribution in [3.8, 4) is 0 Å². The minimum absolute atomic E-state index is 0. The molecule has 0 radical (unpaired) electrons. The third-order valence-electron chi connectivity index (χ3n) is 4.55. The van der Waals surface area contributed by atoms with Crippen LogP contribution in [-0.4, -0.2) is 10.9 Å². The number of rotatable bonds is 3. The van der Waals surface area contributed by atoms with Gasteiger partial charge in [0.15, 0.2) is 0 Å². The van der Waals surface area contributed by atoms with Gasteiger partial charge in [0.25, 0.3) is 0 Å². The minimum Gasteiger partial charge on any atom is -0.304 e. The first-order chi connectivity index (χ1) is 10.2. The van der Waals surface area contributed by atoms with Crippen molar-refractivity contribution in [3.63, 3.8) is 0 Å². The summed E-state index contributed by atoms with van der Waals surface area (Å²) in [6, 6.07) is 7.30. The summed E-state index contributed by atoms with van der Waals surface area (Å²) in [5.74, 6) is 0. The number of hydrogen-bond donors (Lipinski definition) is 1. The number of nitrogens with one attached hydrogen (secondary N) is 1. The molecule has 134 valence electrons. The van der Waals surface area contributed by atoms with Crippen molar-refractivity contribution in [1.29, 1.82) is 0 Å². The summed E-state index contributed by atoms with van der Waals surface area (Å²) in [7, 11) is 0. The van der Waals surface area contributed by atoms with E-state index < -0.39 is 0 Å². The first kappa shape index (κ1) is 23.4. The molecule has 23 heavy (non-hydrogen) atoms. The molecular weight excluding hydrogens is 414 g/mol. The molecule has 0 bridgehead atoms. The summed E-state index contributed by atoms with van der Waals surface area (Å²) in [4.78, 5) is 0. The van der Waals surface area contributed by atoms with E-state index in [1.54, 1.807) is 5.56 Å². The van der Waals surface area contributed by atoms with Crippen LogP contribution in [0.2, 0.25) is 0 Å². The molecular formula is C19H31Cl2NRu. The Hall–Kier alpha value is 0.383. The molecule has 1 fully saturated rings. The summed E-state index contributed by atoms with van der Waals surface area (Å²) < 4.78 is 0. The zero-order chi connectivity index (χ0) is 17.0. The zero-order valence-electron chi connectivity index (χ0n) is 15.2. The summed E-state index contributed by atoms with van der Waals surface area (Å²) >= 11 is 9.53. The van der Waals surface area contributed by atoms with Gasteiger partial charge in [-0.25, -0.2) is 0 Å². The third kappa shape index (κ3) is 6.00.